The summed E-state index contributed by atoms with van der Waals surface area (Å²) in [6.45, 7) is 8.36. The molecule has 0 radical (unpaired) electrons. The molecule has 0 aliphatic carbocycles. The topological polar surface area (TPSA) is 29.3 Å². The van der Waals surface area contributed by atoms with Crippen LogP contribution in [0.2, 0.25) is 0 Å². The molecule has 3 heteroatoms. The molecular formula is C15H24N2S. The van der Waals surface area contributed by atoms with Gasteiger partial charge in [0, 0.05) is 29.3 Å². The summed E-state index contributed by atoms with van der Waals surface area (Å²) in [6, 6.07) is 8.27. The third-order valence-electron chi connectivity index (χ3n) is 3.40. The number of hydrogen-bond acceptors (Lipinski definition) is 3. The molecule has 1 aromatic carbocycles. The highest BCUT2D eigenvalue weighted by molar-refractivity contribution is 8.00. The Kier molecular flexibility index (Phi) is 4.57. The smallest absolute Gasteiger partial charge is 0.0316 e. The van der Waals surface area contributed by atoms with E-state index in [1.807, 2.05) is 12.1 Å². The first-order chi connectivity index (χ1) is 8.55. The minimum atomic E-state index is 0.426. The first kappa shape index (κ1) is 13.8. The maximum Gasteiger partial charge on any atom is 0.0316 e. The minimum absolute atomic E-state index is 0.426. The fourth-order valence-corrected chi connectivity index (χ4v) is 3.74. The second-order valence-electron chi connectivity index (χ2n) is 5.73. The first-order valence-electron chi connectivity index (χ1n) is 6.76. The molecule has 18 heavy (non-hydrogen) atoms. The zero-order chi connectivity index (χ0) is 13.0. The van der Waals surface area contributed by atoms with Crippen LogP contribution in [0.15, 0.2) is 24.3 Å². The van der Waals surface area contributed by atoms with Gasteiger partial charge < -0.3 is 10.6 Å². The van der Waals surface area contributed by atoms with Crippen LogP contribution in [0.5, 0.6) is 0 Å². The van der Waals surface area contributed by atoms with Crippen molar-refractivity contribution in [2.45, 2.75) is 31.4 Å². The summed E-state index contributed by atoms with van der Waals surface area (Å²) in [5, 5.41) is 0. The lowest BCUT2D eigenvalue weighted by Crippen LogP contribution is -2.43. The number of benzene rings is 1. The molecule has 0 spiro atoms. The second kappa shape index (κ2) is 5.98. The molecule has 100 valence electrons. The largest absolute Gasteiger partial charge is 0.399 e. The quantitative estimate of drug-likeness (QED) is 0.848. The molecule has 0 aromatic heterocycles. The second-order valence-corrected chi connectivity index (χ2v) is 7.53. The molecule has 1 fully saturated rings. The van der Waals surface area contributed by atoms with E-state index in [1.165, 1.54) is 37.4 Å². The molecule has 1 saturated heterocycles. The average Bonchev–Trinajstić information content (AvgIpc) is 2.28. The van der Waals surface area contributed by atoms with Gasteiger partial charge in [0.2, 0.25) is 0 Å². The zero-order valence-corrected chi connectivity index (χ0v) is 12.3. The molecule has 2 rings (SSSR count). The predicted molar refractivity (Wildman–Crippen MR) is 82.2 cm³/mol. The Morgan fingerprint density at radius 1 is 1.39 bits per heavy atom. The van der Waals surface area contributed by atoms with Crippen LogP contribution in [0.3, 0.4) is 0 Å². The highest BCUT2D eigenvalue weighted by Gasteiger charge is 2.26. The number of nitrogens with zero attached hydrogens (tertiary/aromatic N) is 1. The van der Waals surface area contributed by atoms with Crippen LogP contribution in [-0.4, -0.2) is 35.0 Å². The number of anilines is 1. The summed E-state index contributed by atoms with van der Waals surface area (Å²) < 4.78 is 0.426. The standard InChI is InChI=1S/C15H24N2S/c1-15(2)12-17(9-10-18-15)8-4-6-13-5-3-7-14(16)11-13/h3,5,7,11H,4,6,8-10,12,16H2,1-2H3. The Hall–Kier alpha value is -0.670. The van der Waals surface area contributed by atoms with E-state index in [0.29, 0.717) is 4.75 Å². The van der Waals surface area contributed by atoms with Crippen LogP contribution in [0.25, 0.3) is 0 Å². The van der Waals surface area contributed by atoms with Crippen molar-refractivity contribution in [3.8, 4) is 0 Å². The molecule has 1 aromatic rings. The molecule has 0 amide bonds. The van der Waals surface area contributed by atoms with Crippen LogP contribution < -0.4 is 5.73 Å². The van der Waals surface area contributed by atoms with E-state index in [4.69, 9.17) is 5.73 Å². The highest BCUT2D eigenvalue weighted by atomic mass is 32.2. The molecule has 2 nitrogen and oxygen atoms in total. The summed E-state index contributed by atoms with van der Waals surface area (Å²) in [4.78, 5) is 2.60. The molecule has 1 aliphatic heterocycles. The van der Waals surface area contributed by atoms with Gasteiger partial charge in [-0.1, -0.05) is 12.1 Å². The van der Waals surface area contributed by atoms with Crippen molar-refractivity contribution in [1.29, 1.82) is 0 Å². The normalized spacial score (nSPS) is 19.9. The third-order valence-corrected chi connectivity index (χ3v) is 4.69. The van der Waals surface area contributed by atoms with Crippen molar-refractivity contribution in [3.63, 3.8) is 0 Å². The Bertz CT molecular complexity index is 390. The lowest BCUT2D eigenvalue weighted by molar-refractivity contribution is 0.258. The van der Waals surface area contributed by atoms with E-state index in [0.717, 1.165) is 12.1 Å². The van der Waals surface area contributed by atoms with Gasteiger partial charge in [-0.15, -0.1) is 0 Å². The molecule has 0 atom stereocenters. The maximum absolute atomic E-state index is 5.80. The Labute approximate surface area is 115 Å². The monoisotopic (exact) mass is 264 g/mol. The van der Waals surface area contributed by atoms with Gasteiger partial charge in [-0.3, -0.25) is 0 Å². The van der Waals surface area contributed by atoms with Crippen molar-refractivity contribution in [2.24, 2.45) is 0 Å². The lowest BCUT2D eigenvalue weighted by atomic mass is 10.1. The number of hydrogen-bond donors (Lipinski definition) is 1. The molecule has 0 saturated carbocycles. The Balaban J connectivity index is 1.75. The van der Waals surface area contributed by atoms with E-state index < -0.39 is 0 Å². The van der Waals surface area contributed by atoms with Crippen LogP contribution >= 0.6 is 11.8 Å². The number of nitrogens with two attached hydrogens (primary N) is 1. The van der Waals surface area contributed by atoms with Crippen molar-refractivity contribution < 1.29 is 0 Å². The minimum Gasteiger partial charge on any atom is -0.399 e. The molecular weight excluding hydrogens is 240 g/mol. The van der Waals surface area contributed by atoms with Gasteiger partial charge in [0.1, 0.15) is 0 Å². The van der Waals surface area contributed by atoms with Crippen molar-refractivity contribution in [2.75, 3.05) is 31.1 Å². The Morgan fingerprint density at radius 3 is 2.94 bits per heavy atom. The highest BCUT2D eigenvalue weighted by Crippen LogP contribution is 2.29. The molecule has 0 bridgehead atoms. The fourth-order valence-electron chi connectivity index (χ4n) is 2.56. The summed E-state index contributed by atoms with van der Waals surface area (Å²) in [7, 11) is 0. The van der Waals surface area contributed by atoms with Crippen LogP contribution in [0.4, 0.5) is 5.69 Å². The van der Waals surface area contributed by atoms with Crippen molar-refractivity contribution in [1.82, 2.24) is 4.90 Å². The average molecular weight is 264 g/mol. The number of aryl methyl sites for hydroxylation is 1. The molecule has 2 N–H and O–H groups in total. The van der Waals surface area contributed by atoms with Crippen LogP contribution in [0.1, 0.15) is 25.8 Å². The first-order valence-corrected chi connectivity index (χ1v) is 7.74. The maximum atomic E-state index is 5.80. The van der Waals surface area contributed by atoms with E-state index in [2.05, 4.69) is 42.6 Å². The predicted octanol–water partition coefficient (Wildman–Crippen LogP) is 3.03. The van der Waals surface area contributed by atoms with Gasteiger partial charge in [0.25, 0.3) is 0 Å². The van der Waals surface area contributed by atoms with E-state index >= 15 is 0 Å². The molecule has 1 aliphatic rings. The zero-order valence-electron chi connectivity index (χ0n) is 11.5. The van der Waals surface area contributed by atoms with Gasteiger partial charge in [0.05, 0.1) is 0 Å². The van der Waals surface area contributed by atoms with E-state index in [-0.39, 0.29) is 0 Å². The third kappa shape index (κ3) is 4.21. The van der Waals surface area contributed by atoms with E-state index in [1.54, 1.807) is 0 Å². The molecule has 1 heterocycles. The summed E-state index contributed by atoms with van der Waals surface area (Å²) in [6.07, 6.45) is 2.36. The summed E-state index contributed by atoms with van der Waals surface area (Å²) >= 11 is 2.10. The fraction of sp³-hybridized carbons (Fsp3) is 0.600. The van der Waals surface area contributed by atoms with Gasteiger partial charge in [-0.25, -0.2) is 0 Å². The van der Waals surface area contributed by atoms with Gasteiger partial charge in [-0.2, -0.15) is 11.8 Å². The number of nitrogen functional groups attached to an aromatic ring is 1. The van der Waals surface area contributed by atoms with Gasteiger partial charge in [-0.05, 0) is 50.9 Å². The van der Waals surface area contributed by atoms with Crippen LogP contribution in [-0.2, 0) is 6.42 Å². The van der Waals surface area contributed by atoms with Gasteiger partial charge in [0.15, 0.2) is 0 Å². The van der Waals surface area contributed by atoms with E-state index in [9.17, 15) is 0 Å². The Morgan fingerprint density at radius 2 is 2.22 bits per heavy atom. The lowest BCUT2D eigenvalue weighted by Gasteiger charge is -2.37. The SMILES string of the molecule is CC1(C)CN(CCCc2cccc(N)c2)CCS1. The van der Waals surface area contributed by atoms with Gasteiger partial charge >= 0.3 is 0 Å². The number of rotatable bonds is 4. The summed E-state index contributed by atoms with van der Waals surface area (Å²) in [5.41, 5.74) is 8.04. The summed E-state index contributed by atoms with van der Waals surface area (Å²) in [5.74, 6) is 1.27. The number of thioether (sulfide) groups is 1. The van der Waals surface area contributed by atoms with Crippen LogP contribution in [0, 0.1) is 0 Å². The molecule has 0 unspecified atom stereocenters. The van der Waals surface area contributed by atoms with Crippen molar-refractivity contribution in [3.05, 3.63) is 29.8 Å². The van der Waals surface area contributed by atoms with Crippen molar-refractivity contribution >= 4 is 17.4 Å².